The topological polar surface area (TPSA) is 54.9 Å². The van der Waals surface area contributed by atoms with Crippen LogP contribution in [0.4, 0.5) is 0 Å². The van der Waals surface area contributed by atoms with E-state index in [0.717, 1.165) is 30.2 Å². The van der Waals surface area contributed by atoms with Gasteiger partial charge in [-0.05, 0) is 24.6 Å². The van der Waals surface area contributed by atoms with Gasteiger partial charge >= 0.3 is 0 Å². The molecule has 0 radical (unpaired) electrons. The van der Waals surface area contributed by atoms with Crippen LogP contribution in [-0.4, -0.2) is 31.8 Å². The van der Waals surface area contributed by atoms with Gasteiger partial charge in [-0.1, -0.05) is 11.6 Å². The first-order valence-corrected chi connectivity index (χ1v) is 7.23. The van der Waals surface area contributed by atoms with Crippen molar-refractivity contribution in [2.24, 2.45) is 4.99 Å². The van der Waals surface area contributed by atoms with Crippen LogP contribution in [0.2, 0.25) is 5.02 Å². The van der Waals surface area contributed by atoms with Gasteiger partial charge in [0.1, 0.15) is 0 Å². The Balaban J connectivity index is 1.71. The van der Waals surface area contributed by atoms with Crippen molar-refractivity contribution in [2.45, 2.75) is 25.9 Å². The average Bonchev–Trinajstić information content (AvgIpc) is 2.70. The van der Waals surface area contributed by atoms with Crippen LogP contribution >= 0.6 is 11.6 Å². The Morgan fingerprint density at radius 1 is 1.40 bits per heavy atom. The molecule has 0 fully saturated rings. The van der Waals surface area contributed by atoms with Crippen LogP contribution in [0, 0.1) is 0 Å². The number of ether oxygens (including phenoxy) is 2. The molecule has 2 heterocycles. The van der Waals surface area contributed by atoms with E-state index in [-0.39, 0.29) is 0 Å². The third-order valence-corrected chi connectivity index (χ3v) is 3.51. The lowest BCUT2D eigenvalue weighted by Gasteiger charge is -2.13. The molecule has 0 saturated heterocycles. The van der Waals surface area contributed by atoms with Gasteiger partial charge in [-0.3, -0.25) is 4.99 Å². The van der Waals surface area contributed by atoms with Gasteiger partial charge in [0.05, 0.1) is 24.8 Å². The molecule has 0 spiro atoms. The molecule has 20 heavy (non-hydrogen) atoms. The van der Waals surface area contributed by atoms with Gasteiger partial charge in [-0.2, -0.15) is 0 Å². The number of nitrogens with one attached hydrogen (secondary N) is 2. The van der Waals surface area contributed by atoms with Crippen molar-refractivity contribution < 1.29 is 9.47 Å². The molecule has 2 N–H and O–H groups in total. The fourth-order valence-corrected chi connectivity index (χ4v) is 2.52. The minimum Gasteiger partial charge on any atom is -0.489 e. The average molecular weight is 296 g/mol. The number of halogens is 1. The minimum absolute atomic E-state index is 0.393. The molecule has 0 bridgehead atoms. The number of nitrogens with zero attached hydrogens (tertiary/aromatic N) is 1. The van der Waals surface area contributed by atoms with Crippen LogP contribution in [0.15, 0.2) is 17.1 Å². The molecule has 0 amide bonds. The first-order chi connectivity index (χ1) is 9.72. The summed E-state index contributed by atoms with van der Waals surface area (Å²) < 4.78 is 11.3. The van der Waals surface area contributed by atoms with Crippen molar-refractivity contribution in [3.8, 4) is 11.5 Å². The summed E-state index contributed by atoms with van der Waals surface area (Å²) in [6.07, 6.45) is 0.872. The van der Waals surface area contributed by atoms with E-state index in [0.29, 0.717) is 36.6 Å². The molecule has 2 aliphatic rings. The molecule has 6 heteroatoms. The van der Waals surface area contributed by atoms with Gasteiger partial charge in [0.15, 0.2) is 17.5 Å². The number of hydrogen-bond acceptors (Lipinski definition) is 5. The van der Waals surface area contributed by atoms with Crippen molar-refractivity contribution in [2.75, 3.05) is 19.8 Å². The highest BCUT2D eigenvalue weighted by molar-refractivity contribution is 6.32. The fourth-order valence-electron chi connectivity index (χ4n) is 2.23. The van der Waals surface area contributed by atoms with Crippen LogP contribution in [0.3, 0.4) is 0 Å². The molecule has 0 saturated carbocycles. The third kappa shape index (κ3) is 2.93. The second-order valence-corrected chi connectivity index (χ2v) is 5.45. The molecule has 1 unspecified atom stereocenters. The number of rotatable bonds is 2. The maximum Gasteiger partial charge on any atom is 0.191 e. The number of fused-ring (bicyclic) bond motifs is 1. The van der Waals surface area contributed by atoms with E-state index in [4.69, 9.17) is 21.1 Å². The van der Waals surface area contributed by atoms with Crippen LogP contribution < -0.4 is 20.1 Å². The summed E-state index contributed by atoms with van der Waals surface area (Å²) in [6.45, 7) is 4.86. The molecule has 2 aliphatic heterocycles. The monoisotopic (exact) mass is 295 g/mol. The zero-order valence-electron chi connectivity index (χ0n) is 11.4. The van der Waals surface area contributed by atoms with E-state index in [9.17, 15) is 0 Å². The van der Waals surface area contributed by atoms with E-state index in [1.807, 2.05) is 12.1 Å². The molecule has 108 valence electrons. The summed E-state index contributed by atoms with van der Waals surface area (Å²) in [4.78, 5) is 4.36. The quantitative estimate of drug-likeness (QED) is 0.875. The molecule has 1 atom stereocenters. The molecule has 1 aromatic rings. The zero-order valence-corrected chi connectivity index (χ0v) is 12.2. The summed E-state index contributed by atoms with van der Waals surface area (Å²) in [6, 6.07) is 4.27. The molecule has 0 aromatic heterocycles. The van der Waals surface area contributed by atoms with Crippen molar-refractivity contribution >= 4 is 17.6 Å². The Morgan fingerprint density at radius 2 is 2.25 bits per heavy atom. The molecule has 1 aromatic carbocycles. The molecular weight excluding hydrogens is 278 g/mol. The highest BCUT2D eigenvalue weighted by Gasteiger charge is 2.16. The summed E-state index contributed by atoms with van der Waals surface area (Å²) in [5.41, 5.74) is 1.04. The normalized spacial score (nSPS) is 20.9. The van der Waals surface area contributed by atoms with E-state index in [1.165, 1.54) is 0 Å². The van der Waals surface area contributed by atoms with E-state index in [1.54, 1.807) is 0 Å². The highest BCUT2D eigenvalue weighted by atomic mass is 35.5. The summed E-state index contributed by atoms with van der Waals surface area (Å²) >= 11 is 6.26. The second kappa shape index (κ2) is 5.79. The first kappa shape index (κ1) is 13.4. The number of aliphatic imine (C=N–C) groups is 1. The van der Waals surface area contributed by atoms with Gasteiger partial charge in [0, 0.05) is 19.0 Å². The zero-order chi connectivity index (χ0) is 13.9. The molecule has 5 nitrogen and oxygen atoms in total. The number of guanidine groups is 1. The minimum atomic E-state index is 0.393. The molecule has 0 aliphatic carbocycles. The van der Waals surface area contributed by atoms with Gasteiger partial charge in [-0.25, -0.2) is 0 Å². The largest absolute Gasteiger partial charge is 0.489 e. The SMILES string of the molecule is CC1CN=C(NCc2cc(Cl)c3c(c2)OCCCO3)N1. The Morgan fingerprint density at radius 3 is 3.05 bits per heavy atom. The predicted molar refractivity (Wildman–Crippen MR) is 78.8 cm³/mol. The van der Waals surface area contributed by atoms with E-state index < -0.39 is 0 Å². The number of hydrogen-bond donors (Lipinski definition) is 2. The smallest absolute Gasteiger partial charge is 0.191 e. The fraction of sp³-hybridized carbons (Fsp3) is 0.500. The van der Waals surface area contributed by atoms with Crippen molar-refractivity contribution in [1.29, 1.82) is 0 Å². The summed E-state index contributed by atoms with van der Waals surface area (Å²) in [7, 11) is 0. The maximum atomic E-state index is 6.26. The Labute approximate surface area is 123 Å². The lowest BCUT2D eigenvalue weighted by Crippen LogP contribution is -2.37. The van der Waals surface area contributed by atoms with Crippen molar-refractivity contribution in [1.82, 2.24) is 10.6 Å². The third-order valence-electron chi connectivity index (χ3n) is 3.23. The maximum absolute atomic E-state index is 6.26. The molecule has 3 rings (SSSR count). The molecular formula is C14H18ClN3O2. The van der Waals surface area contributed by atoms with Crippen LogP contribution in [0.1, 0.15) is 18.9 Å². The lowest BCUT2D eigenvalue weighted by molar-refractivity contribution is 0.297. The second-order valence-electron chi connectivity index (χ2n) is 5.04. The van der Waals surface area contributed by atoms with Gasteiger partial charge in [-0.15, -0.1) is 0 Å². The van der Waals surface area contributed by atoms with Gasteiger partial charge < -0.3 is 20.1 Å². The summed E-state index contributed by atoms with van der Waals surface area (Å²) in [5, 5.41) is 7.12. The Kier molecular flexibility index (Phi) is 3.87. The van der Waals surface area contributed by atoms with Crippen molar-refractivity contribution in [3.05, 3.63) is 22.7 Å². The van der Waals surface area contributed by atoms with Crippen LogP contribution in [0.25, 0.3) is 0 Å². The first-order valence-electron chi connectivity index (χ1n) is 6.85. The Hall–Kier alpha value is -1.62. The Bertz CT molecular complexity index is 533. The standard InChI is InChI=1S/C14H18ClN3O2/c1-9-7-16-14(18-9)17-8-10-5-11(15)13-12(6-10)19-3-2-4-20-13/h5-6,9H,2-4,7-8H2,1H3,(H2,16,17,18). The number of benzene rings is 1. The lowest BCUT2D eigenvalue weighted by atomic mass is 10.2. The van der Waals surface area contributed by atoms with Crippen LogP contribution in [-0.2, 0) is 6.54 Å². The van der Waals surface area contributed by atoms with Crippen LogP contribution in [0.5, 0.6) is 11.5 Å². The predicted octanol–water partition coefficient (Wildman–Crippen LogP) is 1.94. The van der Waals surface area contributed by atoms with Crippen molar-refractivity contribution in [3.63, 3.8) is 0 Å². The summed E-state index contributed by atoms with van der Waals surface area (Å²) in [5.74, 6) is 2.21. The van der Waals surface area contributed by atoms with Gasteiger partial charge in [0.2, 0.25) is 0 Å². The highest BCUT2D eigenvalue weighted by Crippen LogP contribution is 2.37. The van der Waals surface area contributed by atoms with E-state index >= 15 is 0 Å². The van der Waals surface area contributed by atoms with E-state index in [2.05, 4.69) is 22.5 Å². The van der Waals surface area contributed by atoms with Gasteiger partial charge in [0.25, 0.3) is 0 Å².